The van der Waals surface area contributed by atoms with E-state index in [1.165, 1.54) is 11.3 Å². The van der Waals surface area contributed by atoms with Gasteiger partial charge in [-0.1, -0.05) is 23.5 Å². The molecule has 0 unspecified atom stereocenters. The van der Waals surface area contributed by atoms with Crippen LogP contribution in [-0.4, -0.2) is 28.0 Å². The summed E-state index contributed by atoms with van der Waals surface area (Å²) in [6, 6.07) is 5.94. The maximum Gasteiger partial charge on any atom is 0.355 e. The second-order valence-corrected chi connectivity index (χ2v) is 7.14. The fraction of sp³-hybridized carbons (Fsp3) is 0.316. The Balaban J connectivity index is 1.95. The van der Waals surface area contributed by atoms with Crippen LogP contribution in [0.5, 0.6) is 0 Å². The lowest BCUT2D eigenvalue weighted by Gasteiger charge is -2.05. The molecule has 2 heterocycles. The van der Waals surface area contributed by atoms with Crippen molar-refractivity contribution in [2.45, 2.75) is 27.7 Å². The van der Waals surface area contributed by atoms with E-state index in [0.717, 1.165) is 15.8 Å². The van der Waals surface area contributed by atoms with Crippen molar-refractivity contribution < 1.29 is 14.3 Å². The molecule has 3 rings (SSSR count). The predicted octanol–water partition coefficient (Wildman–Crippen LogP) is 3.99. The number of aryl methyl sites for hydroxylation is 1. The van der Waals surface area contributed by atoms with Gasteiger partial charge in [-0.05, 0) is 44.9 Å². The van der Waals surface area contributed by atoms with Crippen LogP contribution in [0.2, 0.25) is 0 Å². The Bertz CT molecular complexity index is 1020. The number of carbonyl (C=O) groups excluding carboxylic acids is 2. The van der Waals surface area contributed by atoms with E-state index in [9.17, 15) is 9.59 Å². The minimum atomic E-state index is -0.426. The summed E-state index contributed by atoms with van der Waals surface area (Å²) in [5.74, 6) is -0.701. The largest absolute Gasteiger partial charge is 0.461 e. The minimum Gasteiger partial charge on any atom is -0.461 e. The third kappa shape index (κ3) is 2.99. The number of nitrogens with one attached hydrogen (secondary N) is 1. The summed E-state index contributed by atoms with van der Waals surface area (Å²) in [7, 11) is 1.76. The number of fused-ring (bicyclic) bond motifs is 1. The van der Waals surface area contributed by atoms with Gasteiger partial charge in [0.1, 0.15) is 5.69 Å². The molecule has 6 nitrogen and oxygen atoms in total. The molecular formula is C19H21N3O3S. The molecule has 2 aromatic heterocycles. The van der Waals surface area contributed by atoms with Crippen molar-refractivity contribution in [3.8, 4) is 0 Å². The van der Waals surface area contributed by atoms with Gasteiger partial charge in [-0.3, -0.25) is 10.1 Å². The molecule has 0 fully saturated rings. The number of nitrogens with zero attached hydrogens (tertiary/aromatic N) is 2. The first-order valence-corrected chi connectivity index (χ1v) is 9.17. The summed E-state index contributed by atoms with van der Waals surface area (Å²) in [4.78, 5) is 29.6. The first-order chi connectivity index (χ1) is 12.3. The van der Waals surface area contributed by atoms with Crippen LogP contribution >= 0.6 is 11.3 Å². The third-order valence-electron chi connectivity index (χ3n) is 4.47. The maximum absolute atomic E-state index is 12.9. The number of esters is 1. The van der Waals surface area contributed by atoms with Crippen molar-refractivity contribution in [3.63, 3.8) is 0 Å². The average Bonchev–Trinajstić information content (AvgIpc) is 3.08. The Morgan fingerprint density at radius 1 is 1.27 bits per heavy atom. The molecule has 0 aliphatic carbocycles. The molecule has 3 aromatic rings. The van der Waals surface area contributed by atoms with Crippen molar-refractivity contribution in [1.29, 1.82) is 0 Å². The highest BCUT2D eigenvalue weighted by Gasteiger charge is 2.26. The lowest BCUT2D eigenvalue weighted by molar-refractivity contribution is 0.0514. The van der Waals surface area contributed by atoms with E-state index in [2.05, 4.69) is 10.3 Å². The second kappa shape index (κ2) is 6.92. The molecule has 7 heteroatoms. The number of ether oxygens (including phenoxy) is 1. The Hall–Kier alpha value is -2.67. The molecule has 1 N–H and O–H groups in total. The SMILES string of the molecule is CCOC(=O)c1c(C)c(C(=O)Nc2nc3c(C)cccc3s2)c(C)n1C. The van der Waals surface area contributed by atoms with Crippen LogP contribution in [0.1, 0.15) is 44.6 Å². The molecule has 1 aromatic carbocycles. The third-order valence-corrected chi connectivity index (χ3v) is 5.40. The van der Waals surface area contributed by atoms with E-state index in [-0.39, 0.29) is 12.5 Å². The quantitative estimate of drug-likeness (QED) is 0.704. The molecule has 26 heavy (non-hydrogen) atoms. The number of thiazole rings is 1. The van der Waals surface area contributed by atoms with Crippen LogP contribution in [0.4, 0.5) is 5.13 Å². The number of hydrogen-bond acceptors (Lipinski definition) is 5. The lowest BCUT2D eigenvalue weighted by atomic mass is 10.1. The molecular weight excluding hydrogens is 350 g/mol. The number of hydrogen-bond donors (Lipinski definition) is 1. The van der Waals surface area contributed by atoms with Gasteiger partial charge in [0.15, 0.2) is 5.13 Å². The molecule has 0 saturated heterocycles. The monoisotopic (exact) mass is 371 g/mol. The van der Waals surface area contributed by atoms with Gasteiger partial charge < -0.3 is 9.30 Å². The summed E-state index contributed by atoms with van der Waals surface area (Å²) >= 11 is 1.43. The van der Waals surface area contributed by atoms with Crippen molar-refractivity contribution in [3.05, 3.63) is 46.3 Å². The summed E-state index contributed by atoms with van der Waals surface area (Å²) < 4.78 is 7.83. The van der Waals surface area contributed by atoms with Gasteiger partial charge in [0.2, 0.25) is 0 Å². The molecule has 0 aliphatic heterocycles. The van der Waals surface area contributed by atoms with Gasteiger partial charge in [-0.25, -0.2) is 9.78 Å². The van der Waals surface area contributed by atoms with Gasteiger partial charge in [0.25, 0.3) is 5.91 Å². The molecule has 0 radical (unpaired) electrons. The normalized spacial score (nSPS) is 11.0. The van der Waals surface area contributed by atoms with Crippen molar-refractivity contribution >= 4 is 38.6 Å². The van der Waals surface area contributed by atoms with E-state index in [1.807, 2.05) is 32.0 Å². The Kier molecular flexibility index (Phi) is 4.82. The van der Waals surface area contributed by atoms with Crippen molar-refractivity contribution in [1.82, 2.24) is 9.55 Å². The van der Waals surface area contributed by atoms with E-state index < -0.39 is 5.97 Å². The highest BCUT2D eigenvalue weighted by atomic mass is 32.1. The van der Waals surface area contributed by atoms with E-state index in [1.54, 1.807) is 25.5 Å². The van der Waals surface area contributed by atoms with Gasteiger partial charge >= 0.3 is 5.97 Å². The van der Waals surface area contributed by atoms with Crippen LogP contribution in [0, 0.1) is 20.8 Å². The summed E-state index contributed by atoms with van der Waals surface area (Å²) in [5.41, 5.74) is 4.15. The number of rotatable bonds is 4. The number of aromatic nitrogens is 2. The van der Waals surface area contributed by atoms with Gasteiger partial charge in [-0.2, -0.15) is 0 Å². The number of para-hydroxylation sites is 1. The summed E-state index contributed by atoms with van der Waals surface area (Å²) in [6.45, 7) is 7.61. The zero-order chi connectivity index (χ0) is 19.0. The van der Waals surface area contributed by atoms with Crippen LogP contribution in [0.15, 0.2) is 18.2 Å². The van der Waals surface area contributed by atoms with Crippen LogP contribution in [-0.2, 0) is 11.8 Å². The van der Waals surface area contributed by atoms with E-state index in [4.69, 9.17) is 4.74 Å². The molecule has 0 saturated carbocycles. The first-order valence-electron chi connectivity index (χ1n) is 8.35. The number of anilines is 1. The number of carbonyl (C=O) groups is 2. The number of amides is 1. The molecule has 0 bridgehead atoms. The summed E-state index contributed by atoms with van der Waals surface area (Å²) in [6.07, 6.45) is 0. The van der Waals surface area contributed by atoms with E-state index in [0.29, 0.717) is 27.6 Å². The Morgan fingerprint density at radius 2 is 2.00 bits per heavy atom. The van der Waals surface area contributed by atoms with Gasteiger partial charge in [-0.15, -0.1) is 0 Å². The fourth-order valence-corrected chi connectivity index (χ4v) is 4.04. The standard InChI is InChI=1S/C19H21N3O3S/c1-6-25-18(24)16-11(3)14(12(4)22(16)5)17(23)21-19-20-15-10(2)8-7-9-13(15)26-19/h7-9H,6H2,1-5H3,(H,20,21,23). The smallest absolute Gasteiger partial charge is 0.355 e. The van der Waals surface area contributed by atoms with Crippen molar-refractivity contribution in [2.24, 2.45) is 7.05 Å². The van der Waals surface area contributed by atoms with Crippen LogP contribution in [0.3, 0.4) is 0 Å². The summed E-state index contributed by atoms with van der Waals surface area (Å²) in [5, 5.41) is 3.41. The zero-order valence-corrected chi connectivity index (χ0v) is 16.3. The van der Waals surface area contributed by atoms with Gasteiger partial charge in [0.05, 0.1) is 22.4 Å². The fourth-order valence-electron chi connectivity index (χ4n) is 3.10. The van der Waals surface area contributed by atoms with Crippen LogP contribution in [0.25, 0.3) is 10.2 Å². The topological polar surface area (TPSA) is 73.2 Å². The van der Waals surface area contributed by atoms with Crippen LogP contribution < -0.4 is 5.32 Å². The van der Waals surface area contributed by atoms with E-state index >= 15 is 0 Å². The Labute approximate surface area is 155 Å². The molecule has 1 amide bonds. The molecule has 0 spiro atoms. The minimum absolute atomic E-state index is 0.275. The zero-order valence-electron chi connectivity index (χ0n) is 15.5. The lowest BCUT2D eigenvalue weighted by Crippen LogP contribution is -2.14. The highest BCUT2D eigenvalue weighted by Crippen LogP contribution is 2.29. The molecule has 0 atom stereocenters. The number of benzene rings is 1. The highest BCUT2D eigenvalue weighted by molar-refractivity contribution is 7.22. The predicted molar refractivity (Wildman–Crippen MR) is 103 cm³/mol. The maximum atomic E-state index is 12.9. The van der Waals surface area contributed by atoms with Crippen molar-refractivity contribution in [2.75, 3.05) is 11.9 Å². The Morgan fingerprint density at radius 3 is 2.65 bits per heavy atom. The molecule has 136 valence electrons. The first kappa shape index (κ1) is 18.1. The average molecular weight is 371 g/mol. The molecule has 0 aliphatic rings. The second-order valence-electron chi connectivity index (χ2n) is 6.11. The van der Waals surface area contributed by atoms with Gasteiger partial charge in [0, 0.05) is 12.7 Å².